The minimum atomic E-state index is -3.77. The van der Waals surface area contributed by atoms with E-state index in [0.29, 0.717) is 10.6 Å². The van der Waals surface area contributed by atoms with Crippen LogP contribution in [0.15, 0.2) is 53.4 Å². The van der Waals surface area contributed by atoms with Crippen LogP contribution in [-0.4, -0.2) is 14.3 Å². The fraction of sp³-hybridized carbons (Fsp3) is 0.188. The summed E-state index contributed by atoms with van der Waals surface area (Å²) in [5, 5.41) is 8.56. The molecule has 0 bridgehead atoms. The van der Waals surface area contributed by atoms with Crippen LogP contribution in [0, 0.1) is 0 Å². The number of rotatable bonds is 5. The van der Waals surface area contributed by atoms with E-state index in [0.717, 1.165) is 5.56 Å². The summed E-state index contributed by atoms with van der Waals surface area (Å²) in [4.78, 5) is 12.1. The Balaban J connectivity index is 2.05. The summed E-state index contributed by atoms with van der Waals surface area (Å²) in [6.45, 7) is 1.78. The number of hydrogen-bond acceptors (Lipinski definition) is 3. The molecule has 0 heterocycles. The van der Waals surface area contributed by atoms with Gasteiger partial charge in [-0.05, 0) is 42.3 Å². The number of halogens is 1. The summed E-state index contributed by atoms with van der Waals surface area (Å²) in [6.07, 6.45) is 0.219. The lowest BCUT2D eigenvalue weighted by atomic mass is 10.1. The van der Waals surface area contributed by atoms with Gasteiger partial charge in [-0.3, -0.25) is 4.79 Å². The maximum atomic E-state index is 12.1. The number of amides is 1. The molecule has 3 N–H and O–H groups in total. The van der Waals surface area contributed by atoms with Gasteiger partial charge in [0.25, 0.3) is 0 Å². The summed E-state index contributed by atoms with van der Waals surface area (Å²) in [7, 11) is -3.77. The Hall–Kier alpha value is -1.89. The number of hydrogen-bond donors (Lipinski definition) is 2. The molecule has 0 radical (unpaired) electrons. The number of carbonyl (C=O) groups is 1. The van der Waals surface area contributed by atoms with Gasteiger partial charge in [-0.15, -0.1) is 0 Å². The number of benzene rings is 2. The lowest BCUT2D eigenvalue weighted by molar-refractivity contribution is -0.121. The van der Waals surface area contributed by atoms with Crippen LogP contribution in [0.5, 0.6) is 0 Å². The Bertz CT molecular complexity index is 804. The Morgan fingerprint density at radius 2 is 1.87 bits per heavy atom. The smallest absolute Gasteiger partial charge is 0.238 e. The highest BCUT2D eigenvalue weighted by Crippen LogP contribution is 2.17. The number of nitrogens with one attached hydrogen (secondary N) is 1. The fourth-order valence-corrected chi connectivity index (χ4v) is 2.82. The van der Waals surface area contributed by atoms with E-state index in [-0.39, 0.29) is 23.3 Å². The van der Waals surface area contributed by atoms with Crippen molar-refractivity contribution in [3.05, 3.63) is 64.7 Å². The summed E-state index contributed by atoms with van der Waals surface area (Å²) in [5.41, 5.74) is 1.51. The molecule has 0 saturated heterocycles. The molecular weight excluding hydrogens is 336 g/mol. The van der Waals surface area contributed by atoms with E-state index in [9.17, 15) is 13.2 Å². The minimum absolute atomic E-state index is 0.0220. The van der Waals surface area contributed by atoms with E-state index in [1.54, 1.807) is 43.3 Å². The first kappa shape index (κ1) is 17.5. The van der Waals surface area contributed by atoms with Gasteiger partial charge in [0.1, 0.15) is 0 Å². The van der Waals surface area contributed by atoms with Gasteiger partial charge in [0.2, 0.25) is 15.9 Å². The van der Waals surface area contributed by atoms with Gasteiger partial charge in [0, 0.05) is 5.02 Å². The van der Waals surface area contributed by atoms with Crippen molar-refractivity contribution in [1.82, 2.24) is 5.32 Å². The average Bonchev–Trinajstić information content (AvgIpc) is 2.49. The van der Waals surface area contributed by atoms with Crippen LogP contribution in [-0.2, 0) is 21.2 Å². The van der Waals surface area contributed by atoms with Gasteiger partial charge >= 0.3 is 0 Å². The fourth-order valence-electron chi connectivity index (χ4n) is 2.12. The highest BCUT2D eigenvalue weighted by atomic mass is 35.5. The maximum absolute atomic E-state index is 12.1. The van der Waals surface area contributed by atoms with Crippen LogP contribution in [0.25, 0.3) is 0 Å². The molecule has 0 aliphatic rings. The Kier molecular flexibility index (Phi) is 5.41. The quantitative estimate of drug-likeness (QED) is 0.865. The molecule has 2 aromatic carbocycles. The Labute approximate surface area is 140 Å². The SMILES string of the molecule is CC(NC(=O)Cc1ccc(Cl)cc1)c1cccc(S(N)(=O)=O)c1. The van der Waals surface area contributed by atoms with Crippen molar-refractivity contribution in [2.24, 2.45) is 5.14 Å². The molecule has 0 saturated carbocycles. The number of primary sulfonamides is 1. The molecule has 1 unspecified atom stereocenters. The highest BCUT2D eigenvalue weighted by Gasteiger charge is 2.13. The third-order valence-corrected chi connectivity index (χ3v) is 4.51. The lowest BCUT2D eigenvalue weighted by Crippen LogP contribution is -2.28. The molecule has 0 aliphatic carbocycles. The maximum Gasteiger partial charge on any atom is 0.238 e. The zero-order chi connectivity index (χ0) is 17.0. The van der Waals surface area contributed by atoms with E-state index in [4.69, 9.17) is 16.7 Å². The molecule has 23 heavy (non-hydrogen) atoms. The van der Waals surface area contributed by atoms with E-state index in [1.807, 2.05) is 0 Å². The Morgan fingerprint density at radius 3 is 2.48 bits per heavy atom. The second kappa shape index (κ2) is 7.12. The van der Waals surface area contributed by atoms with Gasteiger partial charge in [-0.2, -0.15) is 0 Å². The zero-order valence-corrected chi connectivity index (χ0v) is 14.1. The first-order chi connectivity index (χ1) is 10.8. The van der Waals surface area contributed by atoms with Gasteiger partial charge in [0.05, 0.1) is 17.4 Å². The number of carbonyl (C=O) groups excluding carboxylic acids is 1. The van der Waals surface area contributed by atoms with Gasteiger partial charge < -0.3 is 5.32 Å². The number of nitrogens with two attached hydrogens (primary N) is 1. The predicted molar refractivity (Wildman–Crippen MR) is 89.5 cm³/mol. The van der Waals surface area contributed by atoms with Crippen LogP contribution < -0.4 is 10.5 Å². The van der Waals surface area contributed by atoms with Crippen LogP contribution in [0.1, 0.15) is 24.1 Å². The van der Waals surface area contributed by atoms with E-state index in [1.165, 1.54) is 12.1 Å². The monoisotopic (exact) mass is 352 g/mol. The average molecular weight is 353 g/mol. The standard InChI is InChI=1S/C16H17ClN2O3S/c1-11(13-3-2-4-15(10-13)23(18,21)22)19-16(20)9-12-5-7-14(17)8-6-12/h2-8,10-11H,9H2,1H3,(H,19,20)(H2,18,21,22). The molecule has 0 aromatic heterocycles. The predicted octanol–water partition coefficient (Wildman–Crippen LogP) is 2.41. The van der Waals surface area contributed by atoms with Gasteiger partial charge in [0.15, 0.2) is 0 Å². The third-order valence-electron chi connectivity index (χ3n) is 3.34. The summed E-state index contributed by atoms with van der Waals surface area (Å²) < 4.78 is 22.8. The normalized spacial score (nSPS) is 12.7. The first-order valence-corrected chi connectivity index (χ1v) is 8.85. The molecule has 122 valence electrons. The largest absolute Gasteiger partial charge is 0.349 e. The molecule has 1 atom stereocenters. The number of sulfonamides is 1. The second-order valence-electron chi connectivity index (χ2n) is 5.21. The summed E-state index contributed by atoms with van der Waals surface area (Å²) in [6, 6.07) is 12.9. The molecule has 0 aliphatic heterocycles. The molecule has 5 nitrogen and oxygen atoms in total. The van der Waals surface area contributed by atoms with E-state index in [2.05, 4.69) is 5.32 Å². The molecule has 1 amide bonds. The Morgan fingerprint density at radius 1 is 1.22 bits per heavy atom. The topological polar surface area (TPSA) is 89.3 Å². The van der Waals surface area contributed by atoms with Crippen LogP contribution in [0.3, 0.4) is 0 Å². The van der Waals surface area contributed by atoms with E-state index < -0.39 is 10.0 Å². The lowest BCUT2D eigenvalue weighted by Gasteiger charge is -2.15. The second-order valence-corrected chi connectivity index (χ2v) is 7.21. The van der Waals surface area contributed by atoms with Crippen molar-refractivity contribution in [2.75, 3.05) is 0 Å². The molecule has 2 aromatic rings. The van der Waals surface area contributed by atoms with Crippen molar-refractivity contribution < 1.29 is 13.2 Å². The molecule has 7 heteroatoms. The van der Waals surface area contributed by atoms with Crippen LogP contribution in [0.4, 0.5) is 0 Å². The first-order valence-electron chi connectivity index (χ1n) is 6.92. The molecule has 0 fully saturated rings. The highest BCUT2D eigenvalue weighted by molar-refractivity contribution is 7.89. The minimum Gasteiger partial charge on any atom is -0.349 e. The molecular formula is C16H17ClN2O3S. The van der Waals surface area contributed by atoms with Crippen LogP contribution in [0.2, 0.25) is 5.02 Å². The van der Waals surface area contributed by atoms with Gasteiger partial charge in [-0.25, -0.2) is 13.6 Å². The van der Waals surface area contributed by atoms with Crippen molar-refractivity contribution >= 4 is 27.5 Å². The van der Waals surface area contributed by atoms with Crippen molar-refractivity contribution in [1.29, 1.82) is 0 Å². The van der Waals surface area contributed by atoms with Crippen molar-refractivity contribution in [3.8, 4) is 0 Å². The van der Waals surface area contributed by atoms with Crippen molar-refractivity contribution in [3.63, 3.8) is 0 Å². The molecule has 2 rings (SSSR count). The zero-order valence-electron chi connectivity index (χ0n) is 12.5. The third kappa shape index (κ3) is 5.06. The summed E-state index contributed by atoms with van der Waals surface area (Å²) >= 11 is 5.80. The summed E-state index contributed by atoms with van der Waals surface area (Å²) in [5.74, 6) is -0.166. The van der Waals surface area contributed by atoms with Crippen LogP contribution >= 0.6 is 11.6 Å². The molecule has 0 spiro atoms. The van der Waals surface area contributed by atoms with Gasteiger partial charge in [-0.1, -0.05) is 35.9 Å². The van der Waals surface area contributed by atoms with Crippen molar-refractivity contribution in [2.45, 2.75) is 24.3 Å². The van der Waals surface area contributed by atoms with E-state index >= 15 is 0 Å².